The molecule has 0 bridgehead atoms. The van der Waals surface area contributed by atoms with Gasteiger partial charge in [0.1, 0.15) is 5.60 Å². The average Bonchev–Trinajstić information content (AvgIpc) is 2.48. The topological polar surface area (TPSA) is 64.1 Å². The number of hydrogen-bond donors (Lipinski definition) is 1. The molecule has 0 aliphatic heterocycles. The second-order valence-corrected chi connectivity index (χ2v) is 7.50. The average molecular weight is 327 g/mol. The number of carbonyl (C=O) groups is 1. The first-order valence-electron chi connectivity index (χ1n) is 8.59. The maximum atomic E-state index is 12.2. The van der Waals surface area contributed by atoms with Gasteiger partial charge in [-0.2, -0.15) is 0 Å². The van der Waals surface area contributed by atoms with Gasteiger partial charge in [0.05, 0.1) is 11.2 Å². The molecule has 0 spiro atoms. The summed E-state index contributed by atoms with van der Waals surface area (Å²) in [4.78, 5) is 21.4. The number of amides is 1. The van der Waals surface area contributed by atoms with Crippen LogP contribution in [0.1, 0.15) is 58.2 Å². The fourth-order valence-corrected chi connectivity index (χ4v) is 2.99. The Labute approximate surface area is 142 Å². The van der Waals surface area contributed by atoms with E-state index in [4.69, 9.17) is 9.72 Å². The predicted octanol–water partition coefficient (Wildman–Crippen LogP) is 4.10. The van der Waals surface area contributed by atoms with Crippen LogP contribution in [-0.2, 0) is 16.7 Å². The molecule has 5 heteroatoms. The molecule has 1 amide bonds. The van der Waals surface area contributed by atoms with Crippen LogP contribution in [0.4, 0.5) is 4.79 Å². The van der Waals surface area contributed by atoms with Gasteiger partial charge in [0.25, 0.3) is 0 Å². The van der Waals surface area contributed by atoms with Gasteiger partial charge in [0, 0.05) is 11.6 Å². The molecule has 24 heavy (non-hydrogen) atoms. The van der Waals surface area contributed by atoms with Gasteiger partial charge in [-0.1, -0.05) is 6.92 Å². The molecule has 2 heterocycles. The van der Waals surface area contributed by atoms with Crippen LogP contribution < -0.4 is 5.32 Å². The largest absolute Gasteiger partial charge is 0.444 e. The van der Waals surface area contributed by atoms with E-state index in [1.807, 2.05) is 39.1 Å². The Morgan fingerprint density at radius 1 is 1.33 bits per heavy atom. The Hall–Kier alpha value is -2.17. The van der Waals surface area contributed by atoms with Crippen LogP contribution in [0.2, 0.25) is 0 Å². The van der Waals surface area contributed by atoms with Gasteiger partial charge in [0.2, 0.25) is 0 Å². The van der Waals surface area contributed by atoms with Crippen LogP contribution in [0.3, 0.4) is 0 Å². The summed E-state index contributed by atoms with van der Waals surface area (Å²) < 4.78 is 5.41. The fourth-order valence-electron chi connectivity index (χ4n) is 2.99. The van der Waals surface area contributed by atoms with Crippen LogP contribution in [0.15, 0.2) is 24.4 Å². The SMILES string of the molecule is CCc1cnc2nc(C3(NC(=O)OC(C)(C)C)CCC3)ccc2c1. The highest BCUT2D eigenvalue weighted by Gasteiger charge is 2.42. The molecule has 1 N–H and O–H groups in total. The minimum Gasteiger partial charge on any atom is -0.444 e. The van der Waals surface area contributed by atoms with Crippen molar-refractivity contribution >= 4 is 17.1 Å². The summed E-state index contributed by atoms with van der Waals surface area (Å²) in [5, 5.41) is 4.07. The molecule has 0 atom stereocenters. The third kappa shape index (κ3) is 3.35. The first kappa shape index (κ1) is 16.7. The minimum absolute atomic E-state index is 0.390. The molecule has 128 valence electrons. The van der Waals surface area contributed by atoms with Gasteiger partial charge in [0.15, 0.2) is 5.65 Å². The normalized spacial score (nSPS) is 16.5. The quantitative estimate of drug-likeness (QED) is 0.922. The van der Waals surface area contributed by atoms with Crippen LogP contribution >= 0.6 is 0 Å². The Kier molecular flexibility index (Phi) is 4.20. The van der Waals surface area contributed by atoms with Gasteiger partial charge in [-0.3, -0.25) is 0 Å². The lowest BCUT2D eigenvalue weighted by molar-refractivity contribution is 0.0372. The van der Waals surface area contributed by atoms with Crippen LogP contribution in [0.5, 0.6) is 0 Å². The molecule has 1 fully saturated rings. The van der Waals surface area contributed by atoms with E-state index in [-0.39, 0.29) is 0 Å². The van der Waals surface area contributed by atoms with E-state index in [1.54, 1.807) is 0 Å². The molecule has 0 aromatic carbocycles. The van der Waals surface area contributed by atoms with Gasteiger partial charge < -0.3 is 10.1 Å². The lowest BCUT2D eigenvalue weighted by Crippen LogP contribution is -2.52. The van der Waals surface area contributed by atoms with Crippen molar-refractivity contribution in [2.24, 2.45) is 0 Å². The molecular weight excluding hydrogens is 302 g/mol. The summed E-state index contributed by atoms with van der Waals surface area (Å²) in [5.41, 5.74) is 1.85. The van der Waals surface area contributed by atoms with Crippen molar-refractivity contribution in [3.63, 3.8) is 0 Å². The van der Waals surface area contributed by atoms with E-state index in [0.717, 1.165) is 42.4 Å². The van der Waals surface area contributed by atoms with Gasteiger partial charge in [-0.05, 0) is 70.2 Å². The maximum absolute atomic E-state index is 12.2. The van der Waals surface area contributed by atoms with E-state index >= 15 is 0 Å². The van der Waals surface area contributed by atoms with E-state index in [9.17, 15) is 4.79 Å². The second-order valence-electron chi connectivity index (χ2n) is 7.50. The van der Waals surface area contributed by atoms with E-state index in [1.165, 1.54) is 5.56 Å². The number of pyridine rings is 2. The Balaban J connectivity index is 1.87. The van der Waals surface area contributed by atoms with Gasteiger partial charge in [-0.25, -0.2) is 14.8 Å². The molecule has 0 radical (unpaired) electrons. The highest BCUT2D eigenvalue weighted by atomic mass is 16.6. The summed E-state index contributed by atoms with van der Waals surface area (Å²) in [7, 11) is 0. The van der Waals surface area contributed by atoms with Crippen molar-refractivity contribution in [3.8, 4) is 0 Å². The van der Waals surface area contributed by atoms with Gasteiger partial charge >= 0.3 is 6.09 Å². The molecule has 0 saturated heterocycles. The number of fused-ring (bicyclic) bond motifs is 1. The predicted molar refractivity (Wildman–Crippen MR) is 93.8 cm³/mol. The maximum Gasteiger partial charge on any atom is 0.408 e. The monoisotopic (exact) mass is 327 g/mol. The molecule has 0 unspecified atom stereocenters. The molecular formula is C19H25N3O2. The van der Waals surface area contributed by atoms with Crippen molar-refractivity contribution < 1.29 is 9.53 Å². The van der Waals surface area contributed by atoms with E-state index < -0.39 is 17.2 Å². The molecule has 5 nitrogen and oxygen atoms in total. The number of hydrogen-bond acceptors (Lipinski definition) is 4. The lowest BCUT2D eigenvalue weighted by atomic mass is 9.74. The summed E-state index contributed by atoms with van der Waals surface area (Å²) >= 11 is 0. The zero-order chi connectivity index (χ0) is 17.4. The molecule has 1 aliphatic carbocycles. The van der Waals surface area contributed by atoms with Crippen LogP contribution in [0.25, 0.3) is 11.0 Å². The summed E-state index contributed by atoms with van der Waals surface area (Å²) in [6.07, 6.45) is 5.24. The third-order valence-corrected chi connectivity index (χ3v) is 4.44. The molecule has 1 aliphatic rings. The zero-order valence-corrected chi connectivity index (χ0v) is 14.8. The summed E-state index contributed by atoms with van der Waals surface area (Å²) in [6, 6.07) is 6.16. The van der Waals surface area contributed by atoms with Crippen molar-refractivity contribution in [2.75, 3.05) is 0 Å². The number of carbonyl (C=O) groups excluding carboxylic acids is 1. The number of aryl methyl sites for hydroxylation is 1. The number of nitrogens with one attached hydrogen (secondary N) is 1. The highest BCUT2D eigenvalue weighted by Crippen LogP contribution is 2.41. The number of ether oxygens (including phenoxy) is 1. The minimum atomic E-state index is -0.510. The van der Waals surface area contributed by atoms with Crippen LogP contribution in [-0.4, -0.2) is 21.7 Å². The van der Waals surface area contributed by atoms with Crippen molar-refractivity contribution in [1.29, 1.82) is 0 Å². The third-order valence-electron chi connectivity index (χ3n) is 4.44. The lowest BCUT2D eigenvalue weighted by Gasteiger charge is -2.42. The number of alkyl carbamates (subject to hydrolysis) is 1. The standard InChI is InChI=1S/C19H25N3O2/c1-5-13-11-14-7-8-15(21-16(14)20-12-13)19(9-6-10-19)22-17(23)24-18(2,3)4/h7-8,11-12H,5-6,9-10H2,1-4H3,(H,22,23). The van der Waals surface area contributed by atoms with Crippen molar-refractivity contribution in [1.82, 2.24) is 15.3 Å². The fraction of sp³-hybridized carbons (Fsp3) is 0.526. The zero-order valence-electron chi connectivity index (χ0n) is 14.8. The number of nitrogens with zero attached hydrogens (tertiary/aromatic N) is 2. The van der Waals surface area contributed by atoms with E-state index in [0.29, 0.717) is 0 Å². The van der Waals surface area contributed by atoms with Crippen molar-refractivity contribution in [3.05, 3.63) is 35.7 Å². The first-order chi connectivity index (χ1) is 11.3. The van der Waals surface area contributed by atoms with E-state index in [2.05, 4.69) is 23.3 Å². The highest BCUT2D eigenvalue weighted by molar-refractivity contribution is 5.76. The number of rotatable bonds is 3. The Morgan fingerprint density at radius 3 is 2.67 bits per heavy atom. The molecule has 3 rings (SSSR count). The first-order valence-corrected chi connectivity index (χ1v) is 8.59. The second kappa shape index (κ2) is 6.04. The molecule has 2 aromatic heterocycles. The summed E-state index contributed by atoms with van der Waals surface area (Å²) in [5.74, 6) is 0. The van der Waals surface area contributed by atoms with Gasteiger partial charge in [-0.15, -0.1) is 0 Å². The summed E-state index contributed by atoms with van der Waals surface area (Å²) in [6.45, 7) is 7.70. The molecule has 1 saturated carbocycles. The molecule has 2 aromatic rings. The van der Waals surface area contributed by atoms with Crippen LogP contribution in [0, 0.1) is 0 Å². The smallest absolute Gasteiger partial charge is 0.408 e. The van der Waals surface area contributed by atoms with Crippen molar-refractivity contribution in [2.45, 2.75) is 64.5 Å². The Morgan fingerprint density at radius 2 is 2.08 bits per heavy atom. The number of aromatic nitrogens is 2. The Bertz CT molecular complexity index is 761.